The molecule has 0 radical (unpaired) electrons. The molecule has 0 bridgehead atoms. The average molecular weight is 212 g/mol. The van der Waals surface area contributed by atoms with E-state index in [2.05, 4.69) is 5.32 Å². The molecular formula is C10H16N2O3. The molecule has 0 unspecified atom stereocenters. The van der Waals surface area contributed by atoms with Gasteiger partial charge in [0, 0.05) is 13.2 Å². The first kappa shape index (κ1) is 12.0. The Morgan fingerprint density at radius 3 is 2.80 bits per heavy atom. The van der Waals surface area contributed by atoms with Crippen molar-refractivity contribution < 1.29 is 14.6 Å². The summed E-state index contributed by atoms with van der Waals surface area (Å²) in [5.74, 6) is -0.160. The van der Waals surface area contributed by atoms with Crippen molar-refractivity contribution in [2.45, 2.75) is 19.3 Å². The smallest absolute Gasteiger partial charge is 0.240 e. The Labute approximate surface area is 89.0 Å². The molecule has 1 saturated carbocycles. The van der Waals surface area contributed by atoms with Crippen molar-refractivity contribution >= 4 is 5.91 Å². The lowest BCUT2D eigenvalue weighted by Gasteiger charge is -2.07. The van der Waals surface area contributed by atoms with Crippen molar-refractivity contribution in [3.05, 3.63) is 0 Å². The number of carbonyl (C=O) groups excluding carboxylic acids is 1. The molecule has 0 aliphatic heterocycles. The van der Waals surface area contributed by atoms with Crippen LogP contribution in [0.4, 0.5) is 0 Å². The van der Waals surface area contributed by atoms with Gasteiger partial charge < -0.3 is 15.2 Å². The summed E-state index contributed by atoms with van der Waals surface area (Å²) < 4.78 is 5.03. The van der Waals surface area contributed by atoms with Crippen LogP contribution in [-0.2, 0) is 9.53 Å². The fourth-order valence-corrected chi connectivity index (χ4v) is 1.23. The summed E-state index contributed by atoms with van der Waals surface area (Å²) in [6.07, 6.45) is 2.06. The Kier molecular flexibility index (Phi) is 4.53. The van der Waals surface area contributed by atoms with E-state index in [1.54, 1.807) is 0 Å². The van der Waals surface area contributed by atoms with Crippen LogP contribution in [-0.4, -0.2) is 37.4 Å². The van der Waals surface area contributed by atoms with Crippen LogP contribution in [0.1, 0.15) is 19.3 Å². The van der Waals surface area contributed by atoms with Crippen LogP contribution < -0.4 is 5.32 Å². The van der Waals surface area contributed by atoms with Crippen LogP contribution in [0.2, 0.25) is 0 Å². The summed E-state index contributed by atoms with van der Waals surface area (Å²) >= 11 is 0. The van der Waals surface area contributed by atoms with Gasteiger partial charge in [-0.15, -0.1) is 0 Å². The Morgan fingerprint density at radius 2 is 2.27 bits per heavy atom. The van der Waals surface area contributed by atoms with Crippen molar-refractivity contribution in [2.75, 3.05) is 26.4 Å². The lowest BCUT2D eigenvalue weighted by molar-refractivity contribution is -0.124. The summed E-state index contributed by atoms with van der Waals surface area (Å²) in [6.45, 7) is 1.38. The van der Waals surface area contributed by atoms with Crippen LogP contribution in [0.25, 0.3) is 0 Å². The molecule has 0 heterocycles. The topological polar surface area (TPSA) is 82.4 Å². The summed E-state index contributed by atoms with van der Waals surface area (Å²) in [7, 11) is 0. The first-order valence-electron chi connectivity index (χ1n) is 5.13. The fraction of sp³-hybridized carbons (Fsp3) is 0.800. The van der Waals surface area contributed by atoms with E-state index < -0.39 is 5.41 Å². The van der Waals surface area contributed by atoms with Gasteiger partial charge in [-0.3, -0.25) is 4.79 Å². The highest BCUT2D eigenvalue weighted by Crippen LogP contribution is 2.44. The minimum Gasteiger partial charge on any atom is -0.394 e. The summed E-state index contributed by atoms with van der Waals surface area (Å²) in [4.78, 5) is 11.4. The number of amides is 1. The van der Waals surface area contributed by atoms with E-state index in [-0.39, 0.29) is 12.5 Å². The van der Waals surface area contributed by atoms with Gasteiger partial charge in [-0.1, -0.05) is 0 Å². The van der Waals surface area contributed by atoms with Crippen LogP contribution >= 0.6 is 0 Å². The van der Waals surface area contributed by atoms with Crippen LogP contribution in [0.3, 0.4) is 0 Å². The molecule has 0 aromatic rings. The maximum Gasteiger partial charge on any atom is 0.240 e. The van der Waals surface area contributed by atoms with Gasteiger partial charge in [0.05, 0.1) is 19.3 Å². The fourth-order valence-electron chi connectivity index (χ4n) is 1.23. The molecule has 0 aromatic heterocycles. The number of rotatable bonds is 7. The second-order valence-electron chi connectivity index (χ2n) is 3.64. The van der Waals surface area contributed by atoms with E-state index in [0.29, 0.717) is 39.0 Å². The van der Waals surface area contributed by atoms with E-state index in [1.165, 1.54) is 0 Å². The molecule has 0 spiro atoms. The molecule has 15 heavy (non-hydrogen) atoms. The Morgan fingerprint density at radius 1 is 1.53 bits per heavy atom. The van der Waals surface area contributed by atoms with Crippen molar-refractivity contribution in [1.29, 1.82) is 5.26 Å². The SMILES string of the molecule is N#CC1(C(=O)NCCCOCCO)CC1. The molecular weight excluding hydrogens is 196 g/mol. The maximum atomic E-state index is 11.4. The summed E-state index contributed by atoms with van der Waals surface area (Å²) in [5.41, 5.74) is -0.730. The molecule has 0 saturated heterocycles. The largest absolute Gasteiger partial charge is 0.394 e. The molecule has 0 atom stereocenters. The molecule has 0 aromatic carbocycles. The zero-order valence-electron chi connectivity index (χ0n) is 8.66. The quantitative estimate of drug-likeness (QED) is 0.573. The standard InChI is InChI=1S/C10H16N2O3/c11-8-10(2-3-10)9(14)12-4-1-6-15-7-5-13/h13H,1-7H2,(H,12,14). The van der Waals surface area contributed by atoms with E-state index in [9.17, 15) is 4.79 Å². The minimum absolute atomic E-state index is 0.0178. The second-order valence-corrected chi connectivity index (χ2v) is 3.64. The zero-order chi connectivity index (χ0) is 11.1. The van der Waals surface area contributed by atoms with Crippen LogP contribution in [0, 0.1) is 16.7 Å². The molecule has 1 fully saturated rings. The zero-order valence-corrected chi connectivity index (χ0v) is 8.66. The average Bonchev–Trinajstić information content (AvgIpc) is 3.03. The van der Waals surface area contributed by atoms with Crippen LogP contribution in [0.15, 0.2) is 0 Å². The first-order valence-corrected chi connectivity index (χ1v) is 5.13. The highest BCUT2D eigenvalue weighted by Gasteiger charge is 2.50. The van der Waals surface area contributed by atoms with Gasteiger partial charge in [0.15, 0.2) is 0 Å². The lowest BCUT2D eigenvalue weighted by atomic mass is 10.1. The summed E-state index contributed by atoms with van der Waals surface area (Å²) in [5, 5.41) is 19.9. The third kappa shape index (κ3) is 3.50. The van der Waals surface area contributed by atoms with Crippen LogP contribution in [0.5, 0.6) is 0 Å². The third-order valence-corrected chi connectivity index (χ3v) is 2.39. The van der Waals surface area contributed by atoms with Gasteiger partial charge in [-0.25, -0.2) is 0 Å². The number of carbonyl (C=O) groups is 1. The molecule has 84 valence electrons. The van der Waals surface area contributed by atoms with Gasteiger partial charge in [-0.2, -0.15) is 5.26 Å². The predicted molar refractivity (Wildman–Crippen MR) is 52.8 cm³/mol. The number of aliphatic hydroxyl groups excluding tert-OH is 1. The van der Waals surface area contributed by atoms with Crippen molar-refractivity contribution in [2.24, 2.45) is 5.41 Å². The van der Waals surface area contributed by atoms with Gasteiger partial charge in [0.2, 0.25) is 5.91 Å². The van der Waals surface area contributed by atoms with Gasteiger partial charge in [0.1, 0.15) is 5.41 Å². The number of hydrogen-bond acceptors (Lipinski definition) is 4. The van der Waals surface area contributed by atoms with Gasteiger partial charge >= 0.3 is 0 Å². The second kappa shape index (κ2) is 5.69. The Hall–Kier alpha value is -1.12. The van der Waals surface area contributed by atoms with E-state index in [1.807, 2.05) is 6.07 Å². The third-order valence-electron chi connectivity index (χ3n) is 2.39. The number of aliphatic hydroxyl groups is 1. The number of nitriles is 1. The van der Waals surface area contributed by atoms with Gasteiger partial charge in [0.25, 0.3) is 0 Å². The molecule has 2 N–H and O–H groups in total. The molecule has 1 aliphatic rings. The summed E-state index contributed by atoms with van der Waals surface area (Å²) in [6, 6.07) is 2.04. The lowest BCUT2D eigenvalue weighted by Crippen LogP contribution is -2.32. The monoisotopic (exact) mass is 212 g/mol. The number of nitrogens with one attached hydrogen (secondary N) is 1. The molecule has 1 amide bonds. The Balaban J connectivity index is 2.01. The van der Waals surface area contributed by atoms with E-state index in [4.69, 9.17) is 15.1 Å². The molecule has 5 heteroatoms. The van der Waals surface area contributed by atoms with Crippen molar-refractivity contribution in [3.63, 3.8) is 0 Å². The van der Waals surface area contributed by atoms with E-state index >= 15 is 0 Å². The Bertz CT molecular complexity index is 256. The maximum absolute atomic E-state index is 11.4. The molecule has 1 aliphatic carbocycles. The number of nitrogens with zero attached hydrogens (tertiary/aromatic N) is 1. The predicted octanol–water partition coefficient (Wildman–Crippen LogP) is -0.195. The highest BCUT2D eigenvalue weighted by molar-refractivity contribution is 5.88. The van der Waals surface area contributed by atoms with Crippen molar-refractivity contribution in [1.82, 2.24) is 5.32 Å². The highest BCUT2D eigenvalue weighted by atomic mass is 16.5. The number of hydrogen-bond donors (Lipinski definition) is 2. The number of ether oxygens (including phenoxy) is 1. The molecule has 5 nitrogen and oxygen atoms in total. The normalized spacial score (nSPS) is 16.8. The van der Waals surface area contributed by atoms with E-state index in [0.717, 1.165) is 0 Å². The van der Waals surface area contributed by atoms with Crippen molar-refractivity contribution in [3.8, 4) is 6.07 Å². The first-order chi connectivity index (χ1) is 7.25. The van der Waals surface area contributed by atoms with Gasteiger partial charge in [-0.05, 0) is 19.3 Å². The molecule has 1 rings (SSSR count). The minimum atomic E-state index is -0.730.